The molecule has 1 atom stereocenters. The zero-order valence-electron chi connectivity index (χ0n) is 15.3. The number of nitrogens with one attached hydrogen (secondary N) is 1. The van der Waals surface area contributed by atoms with Crippen molar-refractivity contribution in [3.63, 3.8) is 0 Å². The number of fused-ring (bicyclic) bond motifs is 5. The van der Waals surface area contributed by atoms with Crippen molar-refractivity contribution in [2.24, 2.45) is 0 Å². The lowest BCUT2D eigenvalue weighted by Gasteiger charge is -2.40. The molecule has 2 aliphatic heterocycles. The fraction of sp³-hybridized carbons (Fsp3) is 0.217. The molecule has 1 spiro atoms. The van der Waals surface area contributed by atoms with Gasteiger partial charge in [0.15, 0.2) is 5.78 Å². The molecular formula is C23H19ClN2O2. The van der Waals surface area contributed by atoms with E-state index >= 15 is 0 Å². The van der Waals surface area contributed by atoms with E-state index in [1.807, 2.05) is 42.5 Å². The van der Waals surface area contributed by atoms with Crippen LogP contribution in [0.4, 0.5) is 11.4 Å². The van der Waals surface area contributed by atoms with Gasteiger partial charge in [-0.2, -0.15) is 0 Å². The molecule has 3 aliphatic rings. The van der Waals surface area contributed by atoms with Gasteiger partial charge in [0, 0.05) is 51.8 Å². The van der Waals surface area contributed by atoms with Gasteiger partial charge in [-0.1, -0.05) is 35.9 Å². The smallest absolute Gasteiger partial charge is 0.247 e. The molecule has 1 N–H and O–H groups in total. The molecule has 0 saturated carbocycles. The van der Waals surface area contributed by atoms with Crippen LogP contribution in [0.2, 0.25) is 5.02 Å². The van der Waals surface area contributed by atoms with Crippen molar-refractivity contribution in [1.82, 2.24) is 0 Å². The largest absolute Gasteiger partial charge is 0.358 e. The molecule has 140 valence electrons. The molecule has 2 aromatic rings. The number of halogens is 1. The monoisotopic (exact) mass is 390 g/mol. The number of Topliss-reactive ketones (excluding diaryl/α,β-unsaturated/α-hetero) is 1. The molecule has 4 nitrogen and oxygen atoms in total. The maximum absolute atomic E-state index is 14.0. The molecule has 1 aliphatic carbocycles. The minimum absolute atomic E-state index is 0.0305. The minimum atomic E-state index is -1.15. The fourth-order valence-electron chi connectivity index (χ4n) is 4.90. The number of benzene rings is 2. The van der Waals surface area contributed by atoms with E-state index in [9.17, 15) is 9.59 Å². The summed E-state index contributed by atoms with van der Waals surface area (Å²) in [5.41, 5.74) is 3.53. The third-order valence-corrected chi connectivity index (χ3v) is 6.17. The number of anilines is 2. The van der Waals surface area contributed by atoms with Gasteiger partial charge in [-0.15, -0.1) is 6.58 Å². The first-order valence-electron chi connectivity index (χ1n) is 9.45. The minimum Gasteiger partial charge on any atom is -0.358 e. The second-order valence-corrected chi connectivity index (χ2v) is 7.85. The van der Waals surface area contributed by atoms with Gasteiger partial charge in [-0.3, -0.25) is 9.59 Å². The van der Waals surface area contributed by atoms with Crippen LogP contribution < -0.4 is 10.2 Å². The Morgan fingerprint density at radius 3 is 2.79 bits per heavy atom. The van der Waals surface area contributed by atoms with Crippen molar-refractivity contribution in [2.75, 3.05) is 16.8 Å². The van der Waals surface area contributed by atoms with Crippen LogP contribution in [-0.2, 0) is 15.0 Å². The molecule has 0 bridgehead atoms. The highest BCUT2D eigenvalue weighted by molar-refractivity contribution is 6.31. The van der Waals surface area contributed by atoms with E-state index in [1.54, 1.807) is 11.0 Å². The molecule has 28 heavy (non-hydrogen) atoms. The van der Waals surface area contributed by atoms with E-state index in [2.05, 4.69) is 11.9 Å². The Hall–Kier alpha value is -2.85. The summed E-state index contributed by atoms with van der Waals surface area (Å²) < 4.78 is 0. The normalized spacial score (nSPS) is 22.7. The van der Waals surface area contributed by atoms with E-state index < -0.39 is 5.41 Å². The van der Waals surface area contributed by atoms with Gasteiger partial charge in [0.25, 0.3) is 0 Å². The number of carbonyl (C=O) groups is 2. The highest BCUT2D eigenvalue weighted by Crippen LogP contribution is 2.56. The summed E-state index contributed by atoms with van der Waals surface area (Å²) in [6, 6.07) is 13.3. The van der Waals surface area contributed by atoms with Crippen molar-refractivity contribution >= 4 is 34.7 Å². The van der Waals surface area contributed by atoms with Crippen molar-refractivity contribution in [3.8, 4) is 0 Å². The quantitative estimate of drug-likeness (QED) is 0.763. The van der Waals surface area contributed by atoms with Crippen LogP contribution in [0.3, 0.4) is 0 Å². The molecule has 0 aromatic heterocycles. The maximum Gasteiger partial charge on any atom is 0.247 e. The van der Waals surface area contributed by atoms with Crippen LogP contribution in [0, 0.1) is 0 Å². The number of hydrogen-bond acceptors (Lipinski definition) is 3. The summed E-state index contributed by atoms with van der Waals surface area (Å²) in [6.45, 7) is 4.20. The number of para-hydroxylation sites is 1. The third-order valence-electron chi connectivity index (χ3n) is 5.93. The summed E-state index contributed by atoms with van der Waals surface area (Å²) in [4.78, 5) is 28.9. The van der Waals surface area contributed by atoms with Crippen molar-refractivity contribution in [2.45, 2.75) is 24.7 Å². The average molecular weight is 391 g/mol. The Kier molecular flexibility index (Phi) is 3.75. The van der Waals surface area contributed by atoms with Gasteiger partial charge in [0.05, 0.1) is 0 Å². The van der Waals surface area contributed by atoms with Gasteiger partial charge < -0.3 is 10.2 Å². The van der Waals surface area contributed by atoms with E-state index in [-0.39, 0.29) is 11.7 Å². The SMILES string of the molecule is C=CCN1C(=O)C2(C3=C(CCCC3=O)Nc3ccc(Cl)cc32)c2ccccc21. The van der Waals surface area contributed by atoms with Gasteiger partial charge >= 0.3 is 0 Å². The van der Waals surface area contributed by atoms with Crippen LogP contribution in [-0.4, -0.2) is 18.2 Å². The lowest BCUT2D eigenvalue weighted by Crippen LogP contribution is -2.48. The summed E-state index contributed by atoms with van der Waals surface area (Å²) in [5.74, 6) is -0.0793. The van der Waals surface area contributed by atoms with Crippen LogP contribution in [0.15, 0.2) is 66.4 Å². The highest BCUT2D eigenvalue weighted by atomic mass is 35.5. The number of rotatable bonds is 2. The number of amides is 1. The molecule has 2 heterocycles. The zero-order chi connectivity index (χ0) is 19.5. The van der Waals surface area contributed by atoms with Crippen molar-refractivity contribution in [3.05, 3.63) is 82.5 Å². The highest BCUT2D eigenvalue weighted by Gasteiger charge is 2.59. The zero-order valence-corrected chi connectivity index (χ0v) is 16.1. The Morgan fingerprint density at radius 1 is 1.14 bits per heavy atom. The van der Waals surface area contributed by atoms with Gasteiger partial charge in [0.1, 0.15) is 5.41 Å². The van der Waals surface area contributed by atoms with E-state index in [0.29, 0.717) is 23.6 Å². The Labute approximate surface area is 168 Å². The topological polar surface area (TPSA) is 49.4 Å². The summed E-state index contributed by atoms with van der Waals surface area (Å²) in [5, 5.41) is 3.96. The van der Waals surface area contributed by atoms with Crippen LogP contribution in [0.25, 0.3) is 0 Å². The van der Waals surface area contributed by atoms with Crippen LogP contribution in [0.5, 0.6) is 0 Å². The second-order valence-electron chi connectivity index (χ2n) is 7.42. The molecule has 5 heteroatoms. The molecule has 0 fully saturated rings. The molecule has 0 saturated heterocycles. The fourth-order valence-corrected chi connectivity index (χ4v) is 5.07. The molecule has 5 rings (SSSR count). The molecule has 2 aromatic carbocycles. The number of allylic oxidation sites excluding steroid dienone is 1. The Morgan fingerprint density at radius 2 is 1.96 bits per heavy atom. The molecule has 1 amide bonds. The molecular weight excluding hydrogens is 372 g/mol. The van der Waals surface area contributed by atoms with E-state index in [0.717, 1.165) is 41.0 Å². The van der Waals surface area contributed by atoms with Crippen LogP contribution >= 0.6 is 11.6 Å². The molecule has 1 unspecified atom stereocenters. The van der Waals surface area contributed by atoms with Crippen LogP contribution in [0.1, 0.15) is 30.4 Å². The summed E-state index contributed by atoms with van der Waals surface area (Å²) >= 11 is 6.35. The predicted molar refractivity (Wildman–Crippen MR) is 111 cm³/mol. The Bertz CT molecular complexity index is 1090. The number of nitrogens with zero attached hydrogens (tertiary/aromatic N) is 1. The first-order chi connectivity index (χ1) is 13.6. The van der Waals surface area contributed by atoms with Crippen molar-refractivity contribution < 1.29 is 9.59 Å². The first kappa shape index (κ1) is 17.3. The van der Waals surface area contributed by atoms with Gasteiger partial charge in [-0.05, 0) is 37.1 Å². The number of carbonyl (C=O) groups excluding carboxylic acids is 2. The third kappa shape index (κ3) is 2.07. The van der Waals surface area contributed by atoms with Gasteiger partial charge in [0.2, 0.25) is 5.91 Å². The predicted octanol–water partition coefficient (Wildman–Crippen LogP) is 4.59. The second kappa shape index (κ2) is 6.08. The lowest BCUT2D eigenvalue weighted by molar-refractivity contribution is -0.124. The van der Waals surface area contributed by atoms with E-state index in [1.165, 1.54) is 0 Å². The molecule has 0 radical (unpaired) electrons. The summed E-state index contributed by atoms with van der Waals surface area (Å²) in [7, 11) is 0. The maximum atomic E-state index is 14.0. The average Bonchev–Trinajstić information content (AvgIpc) is 2.93. The van der Waals surface area contributed by atoms with Crippen molar-refractivity contribution in [1.29, 1.82) is 0 Å². The van der Waals surface area contributed by atoms with Gasteiger partial charge in [-0.25, -0.2) is 0 Å². The first-order valence-corrected chi connectivity index (χ1v) is 9.83. The lowest BCUT2D eigenvalue weighted by atomic mass is 9.64. The number of ketones is 1. The Balaban J connectivity index is 1.92. The van der Waals surface area contributed by atoms with E-state index in [4.69, 9.17) is 11.6 Å². The number of hydrogen-bond donors (Lipinski definition) is 1. The summed E-state index contributed by atoms with van der Waals surface area (Å²) in [6.07, 6.45) is 3.71. The standard InChI is InChI=1S/C23H19ClN2O2/c1-2-12-26-19-8-4-3-6-15(19)23(22(26)28)16-13-14(24)10-11-17(16)25-18-7-5-9-20(27)21(18)23/h2-4,6,8,10-11,13,25H,1,5,7,9,12H2.